The van der Waals surface area contributed by atoms with E-state index in [0.29, 0.717) is 6.04 Å². The molecule has 0 saturated carbocycles. The van der Waals surface area contributed by atoms with E-state index in [9.17, 15) is 4.79 Å². The van der Waals surface area contributed by atoms with E-state index in [0.717, 1.165) is 30.1 Å². The lowest BCUT2D eigenvalue weighted by Crippen LogP contribution is -3.08. The zero-order valence-corrected chi connectivity index (χ0v) is 14.0. The number of nitrogens with one attached hydrogen (secondary N) is 1. The fraction of sp³-hybridized carbons (Fsp3) is 0.333. The summed E-state index contributed by atoms with van der Waals surface area (Å²) in [5.74, 6) is 0. The van der Waals surface area contributed by atoms with E-state index in [1.807, 2.05) is 36.5 Å². The molecule has 4 heterocycles. The van der Waals surface area contributed by atoms with Crippen molar-refractivity contribution >= 4 is 17.0 Å². The number of nitrogens with zero attached hydrogens (tertiary/aromatic N) is 2. The van der Waals surface area contributed by atoms with Gasteiger partial charge in [-0.15, -0.1) is 11.3 Å². The molecule has 4 nitrogen and oxygen atoms in total. The molecule has 1 aliphatic rings. The minimum Gasteiger partial charge on any atom is -0.323 e. The number of hydrogen-bond acceptors (Lipinski definition) is 3. The predicted molar refractivity (Wildman–Crippen MR) is 92.0 cm³/mol. The number of hydrogen-bond donors (Lipinski definition) is 1. The lowest BCUT2D eigenvalue weighted by atomic mass is 10.2. The molecular formula is C18H20N3OS+. The van der Waals surface area contributed by atoms with Crippen molar-refractivity contribution in [3.8, 4) is 0 Å². The van der Waals surface area contributed by atoms with Gasteiger partial charge in [0.15, 0.2) is 0 Å². The van der Waals surface area contributed by atoms with Crippen LogP contribution in [0.25, 0.3) is 5.65 Å². The third-order valence-corrected chi connectivity index (χ3v) is 5.70. The Labute approximate surface area is 139 Å². The number of aryl methyl sites for hydroxylation is 1. The number of pyridine rings is 1. The van der Waals surface area contributed by atoms with E-state index in [1.54, 1.807) is 10.5 Å². The molecule has 3 aromatic heterocycles. The summed E-state index contributed by atoms with van der Waals surface area (Å²) in [6, 6.07) is 12.4. The van der Waals surface area contributed by atoms with Crippen molar-refractivity contribution < 1.29 is 4.90 Å². The number of rotatable bonds is 3. The molecule has 1 fully saturated rings. The quantitative estimate of drug-likeness (QED) is 0.799. The van der Waals surface area contributed by atoms with Gasteiger partial charge in [0.2, 0.25) is 0 Å². The zero-order chi connectivity index (χ0) is 15.8. The molecule has 0 spiro atoms. The number of aromatic nitrogens is 2. The SMILES string of the molecule is Cc1cccc2nc(C[NH+]3CCC[C@H]3c3cccs3)cc(=O)n12. The lowest BCUT2D eigenvalue weighted by Gasteiger charge is -2.20. The van der Waals surface area contributed by atoms with Crippen LogP contribution in [0.1, 0.15) is 35.1 Å². The van der Waals surface area contributed by atoms with Crippen molar-refractivity contribution in [2.45, 2.75) is 32.4 Å². The van der Waals surface area contributed by atoms with Gasteiger partial charge in [0.05, 0.1) is 11.4 Å². The van der Waals surface area contributed by atoms with E-state index in [-0.39, 0.29) is 5.56 Å². The van der Waals surface area contributed by atoms with Crippen molar-refractivity contribution in [3.05, 3.63) is 68.4 Å². The van der Waals surface area contributed by atoms with Crippen LogP contribution in [0.4, 0.5) is 0 Å². The highest BCUT2D eigenvalue weighted by Crippen LogP contribution is 2.23. The summed E-state index contributed by atoms with van der Waals surface area (Å²) in [6.45, 7) is 3.91. The molecule has 0 amide bonds. The highest BCUT2D eigenvalue weighted by atomic mass is 32.1. The second-order valence-electron chi connectivity index (χ2n) is 6.24. The molecule has 0 radical (unpaired) electrons. The molecular weight excluding hydrogens is 306 g/mol. The van der Waals surface area contributed by atoms with Crippen LogP contribution < -0.4 is 10.5 Å². The first-order chi connectivity index (χ1) is 11.2. The van der Waals surface area contributed by atoms with Crippen LogP contribution in [0.5, 0.6) is 0 Å². The highest BCUT2D eigenvalue weighted by Gasteiger charge is 2.31. The van der Waals surface area contributed by atoms with Crippen LogP contribution >= 0.6 is 11.3 Å². The summed E-state index contributed by atoms with van der Waals surface area (Å²) in [6.07, 6.45) is 2.46. The smallest absolute Gasteiger partial charge is 0.258 e. The standard InChI is InChI=1S/C18H19N3OS/c1-13-5-2-8-17-19-14(11-18(22)21(13)17)12-20-9-3-6-15(20)16-7-4-10-23-16/h2,4-5,7-8,10-11,15H,3,6,9,12H2,1H3/p+1/t15-/m0/s1. The van der Waals surface area contributed by atoms with Crippen molar-refractivity contribution in [2.24, 2.45) is 0 Å². The Morgan fingerprint density at radius 2 is 2.26 bits per heavy atom. The topological polar surface area (TPSA) is 38.8 Å². The molecule has 118 valence electrons. The van der Waals surface area contributed by atoms with Gasteiger partial charge in [-0.25, -0.2) is 4.98 Å². The molecule has 3 aromatic rings. The summed E-state index contributed by atoms with van der Waals surface area (Å²) in [4.78, 5) is 20.1. The minimum atomic E-state index is 0.0226. The first-order valence-electron chi connectivity index (χ1n) is 8.08. The van der Waals surface area contributed by atoms with Gasteiger partial charge in [0, 0.05) is 24.6 Å². The summed E-state index contributed by atoms with van der Waals surface area (Å²) in [5, 5.41) is 2.15. The zero-order valence-electron chi connectivity index (χ0n) is 13.2. The first-order valence-corrected chi connectivity index (χ1v) is 8.96. The van der Waals surface area contributed by atoms with E-state index in [4.69, 9.17) is 4.98 Å². The van der Waals surface area contributed by atoms with Crippen molar-refractivity contribution in [1.82, 2.24) is 9.38 Å². The molecule has 5 heteroatoms. The maximum atomic E-state index is 12.4. The Morgan fingerprint density at radius 1 is 1.35 bits per heavy atom. The lowest BCUT2D eigenvalue weighted by molar-refractivity contribution is -0.932. The number of fused-ring (bicyclic) bond motifs is 1. The van der Waals surface area contributed by atoms with Crippen LogP contribution in [0, 0.1) is 6.92 Å². The predicted octanol–water partition coefficient (Wildman–Crippen LogP) is 1.98. The van der Waals surface area contributed by atoms with Gasteiger partial charge in [0.1, 0.15) is 23.9 Å². The Balaban J connectivity index is 1.66. The molecule has 1 unspecified atom stereocenters. The Morgan fingerprint density at radius 3 is 3.09 bits per heavy atom. The van der Waals surface area contributed by atoms with Gasteiger partial charge in [-0.05, 0) is 30.5 Å². The van der Waals surface area contributed by atoms with Crippen LogP contribution in [-0.2, 0) is 6.54 Å². The third kappa shape index (κ3) is 2.71. The van der Waals surface area contributed by atoms with E-state index >= 15 is 0 Å². The molecule has 0 aliphatic carbocycles. The fourth-order valence-corrected chi connectivity index (χ4v) is 4.56. The van der Waals surface area contributed by atoms with Crippen molar-refractivity contribution in [3.63, 3.8) is 0 Å². The Hall–Kier alpha value is -1.98. The normalized spacial score (nSPS) is 21.1. The first kappa shape index (κ1) is 14.6. The molecule has 1 N–H and O–H groups in total. The molecule has 2 atom stereocenters. The highest BCUT2D eigenvalue weighted by molar-refractivity contribution is 7.10. The second kappa shape index (κ2) is 5.91. The van der Waals surface area contributed by atoms with Gasteiger partial charge < -0.3 is 4.90 Å². The molecule has 23 heavy (non-hydrogen) atoms. The van der Waals surface area contributed by atoms with Crippen LogP contribution in [0.2, 0.25) is 0 Å². The third-order valence-electron chi connectivity index (χ3n) is 4.71. The fourth-order valence-electron chi connectivity index (χ4n) is 3.64. The maximum Gasteiger partial charge on any atom is 0.258 e. The monoisotopic (exact) mass is 326 g/mol. The van der Waals surface area contributed by atoms with Gasteiger partial charge >= 0.3 is 0 Å². The Kier molecular flexibility index (Phi) is 3.75. The molecule has 1 saturated heterocycles. The largest absolute Gasteiger partial charge is 0.323 e. The maximum absolute atomic E-state index is 12.4. The van der Waals surface area contributed by atoms with Crippen molar-refractivity contribution in [2.75, 3.05) is 6.54 Å². The molecule has 0 aromatic carbocycles. The summed E-state index contributed by atoms with van der Waals surface area (Å²) < 4.78 is 1.68. The number of thiophene rings is 1. The average molecular weight is 326 g/mol. The molecule has 0 bridgehead atoms. The Bertz CT molecular complexity index is 885. The van der Waals surface area contributed by atoms with Gasteiger partial charge in [-0.2, -0.15) is 0 Å². The average Bonchev–Trinajstić information content (AvgIpc) is 3.17. The van der Waals surface area contributed by atoms with Crippen LogP contribution in [0.3, 0.4) is 0 Å². The van der Waals surface area contributed by atoms with Crippen molar-refractivity contribution in [1.29, 1.82) is 0 Å². The van der Waals surface area contributed by atoms with Crippen LogP contribution in [-0.4, -0.2) is 15.9 Å². The minimum absolute atomic E-state index is 0.0226. The second-order valence-corrected chi connectivity index (χ2v) is 7.22. The van der Waals surface area contributed by atoms with Gasteiger partial charge in [-0.1, -0.05) is 12.1 Å². The number of quaternary nitrogens is 1. The molecule has 4 rings (SSSR count). The summed E-state index contributed by atoms with van der Waals surface area (Å²) in [5.41, 5.74) is 2.60. The van der Waals surface area contributed by atoms with Gasteiger partial charge in [0.25, 0.3) is 5.56 Å². The van der Waals surface area contributed by atoms with E-state index in [1.165, 1.54) is 22.6 Å². The summed E-state index contributed by atoms with van der Waals surface area (Å²) >= 11 is 1.84. The van der Waals surface area contributed by atoms with E-state index in [2.05, 4.69) is 17.5 Å². The number of likely N-dealkylation sites (tertiary alicyclic amines) is 1. The summed E-state index contributed by atoms with van der Waals surface area (Å²) in [7, 11) is 0. The van der Waals surface area contributed by atoms with Gasteiger partial charge in [-0.3, -0.25) is 9.20 Å². The van der Waals surface area contributed by atoms with E-state index < -0.39 is 0 Å². The van der Waals surface area contributed by atoms with Crippen LogP contribution in [0.15, 0.2) is 46.6 Å². The molecule has 1 aliphatic heterocycles.